The van der Waals surface area contributed by atoms with Crippen LogP contribution in [0, 0.1) is 6.92 Å². The van der Waals surface area contributed by atoms with Gasteiger partial charge in [0.05, 0.1) is 35.7 Å². The van der Waals surface area contributed by atoms with Gasteiger partial charge in [0.25, 0.3) is 0 Å². The van der Waals surface area contributed by atoms with Crippen LogP contribution in [-0.2, 0) is 0 Å². The number of amides is 2. The van der Waals surface area contributed by atoms with Crippen molar-refractivity contribution in [1.29, 1.82) is 0 Å². The van der Waals surface area contributed by atoms with Gasteiger partial charge in [-0.15, -0.1) is 0 Å². The molecule has 3 aromatic heterocycles. The standard InChI is InChI=1S/C15H16ClF2N7O/c1-7(2)12-9(4-19-24-6-11(16)22-13(12)24)20-15(26)21-10-5-25(14(17)18)23-8(10)3/h4-7,14H,1-3H3,(H2,20,21,26). The average Bonchev–Trinajstić information content (AvgIpc) is 3.09. The molecule has 2 N–H and O–H groups in total. The number of nitrogens with one attached hydrogen (secondary N) is 2. The zero-order valence-electron chi connectivity index (χ0n) is 14.2. The Labute approximate surface area is 152 Å². The Morgan fingerprint density at radius 1 is 1.23 bits per heavy atom. The van der Waals surface area contributed by atoms with Gasteiger partial charge in [0, 0.05) is 5.56 Å². The first-order valence-electron chi connectivity index (χ1n) is 7.72. The van der Waals surface area contributed by atoms with Gasteiger partial charge < -0.3 is 10.6 Å². The summed E-state index contributed by atoms with van der Waals surface area (Å²) < 4.78 is 27.4. The molecule has 0 saturated carbocycles. The highest BCUT2D eigenvalue weighted by Gasteiger charge is 2.18. The summed E-state index contributed by atoms with van der Waals surface area (Å²) in [6.45, 7) is 2.63. The monoisotopic (exact) mass is 383 g/mol. The maximum atomic E-state index is 12.7. The summed E-state index contributed by atoms with van der Waals surface area (Å²) in [7, 11) is 0. The van der Waals surface area contributed by atoms with Gasteiger partial charge in [-0.1, -0.05) is 25.4 Å². The zero-order valence-corrected chi connectivity index (χ0v) is 14.9. The number of carbonyl (C=O) groups excluding carboxylic acids is 1. The van der Waals surface area contributed by atoms with E-state index in [-0.39, 0.29) is 22.5 Å². The summed E-state index contributed by atoms with van der Waals surface area (Å²) >= 11 is 5.93. The summed E-state index contributed by atoms with van der Waals surface area (Å²) in [6.07, 6.45) is 4.11. The Bertz CT molecular complexity index is 966. The van der Waals surface area contributed by atoms with E-state index in [2.05, 4.69) is 25.8 Å². The molecule has 3 heterocycles. The highest BCUT2D eigenvalue weighted by Crippen LogP contribution is 2.28. The molecule has 0 aliphatic carbocycles. The lowest BCUT2D eigenvalue weighted by molar-refractivity contribution is 0.0563. The lowest BCUT2D eigenvalue weighted by Gasteiger charge is -2.14. The normalized spacial score (nSPS) is 11.5. The molecule has 0 aromatic carbocycles. The Balaban J connectivity index is 1.86. The van der Waals surface area contributed by atoms with Gasteiger partial charge in [0.1, 0.15) is 5.15 Å². The van der Waals surface area contributed by atoms with Crippen LogP contribution in [0.15, 0.2) is 18.6 Å². The fourth-order valence-corrected chi connectivity index (χ4v) is 2.75. The van der Waals surface area contributed by atoms with Crippen LogP contribution in [0.3, 0.4) is 0 Å². The lowest BCUT2D eigenvalue weighted by Crippen LogP contribution is -2.21. The van der Waals surface area contributed by atoms with Crippen LogP contribution >= 0.6 is 11.6 Å². The van der Waals surface area contributed by atoms with E-state index in [1.54, 1.807) is 6.20 Å². The van der Waals surface area contributed by atoms with Crippen LogP contribution in [0.1, 0.15) is 37.6 Å². The Morgan fingerprint density at radius 3 is 2.54 bits per heavy atom. The zero-order chi connectivity index (χ0) is 19.0. The molecule has 0 fully saturated rings. The van der Waals surface area contributed by atoms with Gasteiger partial charge in [0.2, 0.25) is 0 Å². The van der Waals surface area contributed by atoms with E-state index in [0.717, 1.165) is 11.8 Å². The molecule has 2 amide bonds. The Hall–Kier alpha value is -2.75. The number of rotatable bonds is 4. The van der Waals surface area contributed by atoms with Crippen molar-refractivity contribution >= 4 is 34.7 Å². The third-order valence-electron chi connectivity index (χ3n) is 3.69. The molecular formula is C15H16ClF2N7O. The predicted molar refractivity (Wildman–Crippen MR) is 92.9 cm³/mol. The van der Waals surface area contributed by atoms with Gasteiger partial charge >= 0.3 is 12.6 Å². The fraction of sp³-hybridized carbons (Fsp3) is 0.333. The number of carbonyl (C=O) groups is 1. The number of hydrogen-bond donors (Lipinski definition) is 2. The molecule has 0 aliphatic rings. The van der Waals surface area contributed by atoms with Crippen molar-refractivity contribution in [1.82, 2.24) is 24.4 Å². The van der Waals surface area contributed by atoms with Gasteiger partial charge in [-0.25, -0.2) is 19.0 Å². The SMILES string of the molecule is Cc1nn(C(F)F)cc1NC(=O)Nc1cnn2cc(Cl)nc2c1C(C)C. The lowest BCUT2D eigenvalue weighted by atomic mass is 10.0. The number of hydrogen-bond acceptors (Lipinski definition) is 4. The van der Waals surface area contributed by atoms with Crippen LogP contribution < -0.4 is 10.6 Å². The number of imidazole rings is 1. The smallest absolute Gasteiger partial charge is 0.306 e. The van der Waals surface area contributed by atoms with E-state index >= 15 is 0 Å². The van der Waals surface area contributed by atoms with Crippen LogP contribution in [0.25, 0.3) is 5.65 Å². The molecule has 11 heteroatoms. The second-order valence-electron chi connectivity index (χ2n) is 5.92. The molecule has 3 aromatic rings. The third kappa shape index (κ3) is 3.45. The van der Waals surface area contributed by atoms with E-state index < -0.39 is 12.6 Å². The summed E-state index contributed by atoms with van der Waals surface area (Å²) in [4.78, 5) is 16.5. The van der Waals surface area contributed by atoms with Crippen molar-refractivity contribution < 1.29 is 13.6 Å². The van der Waals surface area contributed by atoms with Gasteiger partial charge in [-0.05, 0) is 12.8 Å². The average molecular weight is 384 g/mol. The van der Waals surface area contributed by atoms with Gasteiger partial charge in [0.15, 0.2) is 5.65 Å². The molecule has 0 aliphatic heterocycles. The Kier molecular flexibility index (Phi) is 4.77. The number of nitrogens with zero attached hydrogens (tertiary/aromatic N) is 5. The molecule has 0 bridgehead atoms. The first-order chi connectivity index (χ1) is 12.3. The summed E-state index contributed by atoms with van der Waals surface area (Å²) in [5, 5.41) is 13.3. The summed E-state index contributed by atoms with van der Waals surface area (Å²) in [6, 6.07) is -0.604. The number of aromatic nitrogens is 5. The summed E-state index contributed by atoms with van der Waals surface area (Å²) in [5.41, 5.74) is 2.20. The molecule has 0 radical (unpaired) electrons. The second kappa shape index (κ2) is 6.87. The van der Waals surface area contributed by atoms with Crippen molar-refractivity contribution in [3.8, 4) is 0 Å². The molecular weight excluding hydrogens is 368 g/mol. The maximum Gasteiger partial charge on any atom is 0.333 e. The first-order valence-corrected chi connectivity index (χ1v) is 8.09. The van der Waals surface area contributed by atoms with Gasteiger partial charge in [-0.2, -0.15) is 19.0 Å². The van der Waals surface area contributed by atoms with Crippen molar-refractivity contribution in [2.75, 3.05) is 10.6 Å². The van der Waals surface area contributed by atoms with Crippen molar-refractivity contribution in [2.45, 2.75) is 33.2 Å². The molecule has 0 unspecified atom stereocenters. The minimum Gasteiger partial charge on any atom is -0.306 e. The van der Waals surface area contributed by atoms with E-state index in [1.165, 1.54) is 17.6 Å². The molecule has 138 valence electrons. The van der Waals surface area contributed by atoms with Crippen LogP contribution in [-0.4, -0.2) is 30.4 Å². The van der Waals surface area contributed by atoms with Crippen LogP contribution in [0.4, 0.5) is 25.0 Å². The topological polar surface area (TPSA) is 89.1 Å². The summed E-state index contributed by atoms with van der Waals surface area (Å²) in [5.74, 6) is 0.0255. The predicted octanol–water partition coefficient (Wildman–Crippen LogP) is 4.05. The molecule has 0 atom stereocenters. The van der Waals surface area contributed by atoms with Crippen molar-refractivity contribution in [3.05, 3.63) is 35.0 Å². The largest absolute Gasteiger partial charge is 0.333 e. The maximum absolute atomic E-state index is 12.7. The number of fused-ring (bicyclic) bond motifs is 1. The van der Waals surface area contributed by atoms with Crippen molar-refractivity contribution in [3.63, 3.8) is 0 Å². The Morgan fingerprint density at radius 2 is 1.92 bits per heavy atom. The number of halogens is 3. The number of anilines is 2. The fourth-order valence-electron chi connectivity index (χ4n) is 2.57. The van der Waals surface area contributed by atoms with Gasteiger partial charge in [-0.3, -0.25) is 0 Å². The number of urea groups is 1. The molecule has 26 heavy (non-hydrogen) atoms. The van der Waals surface area contributed by atoms with Crippen LogP contribution in [0.2, 0.25) is 5.15 Å². The number of aryl methyl sites for hydroxylation is 1. The quantitative estimate of drug-likeness (QED) is 0.711. The minimum absolute atomic E-state index is 0.0255. The minimum atomic E-state index is -2.78. The number of alkyl halides is 2. The van der Waals surface area contributed by atoms with Crippen LogP contribution in [0.5, 0.6) is 0 Å². The first kappa shape index (κ1) is 18.1. The van der Waals surface area contributed by atoms with Crippen molar-refractivity contribution in [2.24, 2.45) is 0 Å². The van der Waals surface area contributed by atoms with E-state index in [9.17, 15) is 13.6 Å². The van der Waals surface area contributed by atoms with E-state index in [4.69, 9.17) is 11.6 Å². The highest BCUT2D eigenvalue weighted by molar-refractivity contribution is 6.29. The molecule has 0 saturated heterocycles. The molecule has 3 rings (SSSR count). The second-order valence-corrected chi connectivity index (χ2v) is 6.31. The molecule has 0 spiro atoms. The molecule has 8 nitrogen and oxygen atoms in total. The third-order valence-corrected chi connectivity index (χ3v) is 3.87. The van der Waals surface area contributed by atoms with E-state index in [1.807, 2.05) is 13.8 Å². The highest BCUT2D eigenvalue weighted by atomic mass is 35.5. The van der Waals surface area contributed by atoms with E-state index in [0.29, 0.717) is 16.0 Å².